The van der Waals surface area contributed by atoms with E-state index in [1.54, 1.807) is 0 Å². The molecule has 0 atom stereocenters. The number of nitrogens with zero attached hydrogens (tertiary/aromatic N) is 3. The molecule has 1 amide bonds. The largest absolute Gasteiger partial charge is 0.373 e. The molecule has 118 valence electrons. The van der Waals surface area contributed by atoms with Crippen LogP contribution in [0.15, 0.2) is 0 Å². The molecule has 6 nitrogen and oxygen atoms in total. The van der Waals surface area contributed by atoms with Crippen LogP contribution in [0.5, 0.6) is 0 Å². The SMILES string of the molecule is CCNC(=O)CN(CC)c1nc(C(C)C)nc(NC)c1C. The summed E-state index contributed by atoms with van der Waals surface area (Å²) in [6.07, 6.45) is 0. The van der Waals surface area contributed by atoms with E-state index < -0.39 is 0 Å². The number of anilines is 2. The van der Waals surface area contributed by atoms with E-state index in [1.807, 2.05) is 32.7 Å². The molecule has 1 aromatic heterocycles. The van der Waals surface area contributed by atoms with Crippen molar-refractivity contribution in [1.29, 1.82) is 0 Å². The minimum absolute atomic E-state index is 0.00877. The Morgan fingerprint density at radius 3 is 2.43 bits per heavy atom. The molecule has 2 N–H and O–H groups in total. The van der Waals surface area contributed by atoms with Crippen LogP contribution in [0.2, 0.25) is 0 Å². The summed E-state index contributed by atoms with van der Waals surface area (Å²) in [6.45, 7) is 11.7. The molecule has 1 heterocycles. The number of carbonyl (C=O) groups is 1. The Morgan fingerprint density at radius 2 is 1.95 bits per heavy atom. The summed E-state index contributed by atoms with van der Waals surface area (Å²) < 4.78 is 0. The third kappa shape index (κ3) is 4.31. The first-order valence-electron chi connectivity index (χ1n) is 7.52. The maximum Gasteiger partial charge on any atom is 0.239 e. The van der Waals surface area contributed by atoms with Crippen molar-refractivity contribution in [3.05, 3.63) is 11.4 Å². The van der Waals surface area contributed by atoms with Gasteiger partial charge in [-0.15, -0.1) is 0 Å². The quantitative estimate of drug-likeness (QED) is 0.803. The predicted octanol–water partition coefficient (Wildman–Crippen LogP) is 1.91. The summed E-state index contributed by atoms with van der Waals surface area (Å²) in [7, 11) is 1.85. The van der Waals surface area contributed by atoms with Gasteiger partial charge in [0.2, 0.25) is 5.91 Å². The van der Waals surface area contributed by atoms with Gasteiger partial charge in [-0.2, -0.15) is 0 Å². The van der Waals surface area contributed by atoms with Gasteiger partial charge >= 0.3 is 0 Å². The zero-order valence-electron chi connectivity index (χ0n) is 13.9. The molecule has 0 spiro atoms. The van der Waals surface area contributed by atoms with Crippen LogP contribution < -0.4 is 15.5 Å². The van der Waals surface area contributed by atoms with E-state index in [1.165, 1.54) is 0 Å². The fourth-order valence-electron chi connectivity index (χ4n) is 2.09. The van der Waals surface area contributed by atoms with Crippen LogP contribution in [-0.4, -0.2) is 42.6 Å². The lowest BCUT2D eigenvalue weighted by atomic mass is 10.2. The number of hydrogen-bond acceptors (Lipinski definition) is 5. The molecule has 0 fully saturated rings. The molecule has 0 aliphatic rings. The molecule has 0 aliphatic carbocycles. The average molecular weight is 293 g/mol. The molecule has 0 unspecified atom stereocenters. The Hall–Kier alpha value is -1.85. The van der Waals surface area contributed by atoms with Gasteiger partial charge in [0.1, 0.15) is 17.5 Å². The Bertz CT molecular complexity index is 487. The van der Waals surface area contributed by atoms with Crippen LogP contribution in [0.25, 0.3) is 0 Å². The second kappa shape index (κ2) is 7.81. The normalized spacial score (nSPS) is 10.6. The number of amides is 1. The lowest BCUT2D eigenvalue weighted by Gasteiger charge is -2.25. The molecule has 0 aromatic carbocycles. The predicted molar refractivity (Wildman–Crippen MR) is 87.0 cm³/mol. The molecule has 1 aromatic rings. The molecule has 0 saturated carbocycles. The van der Waals surface area contributed by atoms with Gasteiger partial charge in [-0.3, -0.25) is 4.79 Å². The number of carbonyl (C=O) groups excluding carboxylic acids is 1. The zero-order chi connectivity index (χ0) is 16.0. The molecule has 1 rings (SSSR count). The van der Waals surface area contributed by atoms with Crippen molar-refractivity contribution >= 4 is 17.5 Å². The van der Waals surface area contributed by atoms with Gasteiger partial charge in [0.15, 0.2) is 0 Å². The van der Waals surface area contributed by atoms with Crippen molar-refractivity contribution in [2.24, 2.45) is 0 Å². The topological polar surface area (TPSA) is 70.2 Å². The van der Waals surface area contributed by atoms with Crippen LogP contribution in [0, 0.1) is 6.92 Å². The molecule has 6 heteroatoms. The Kier molecular flexibility index (Phi) is 6.39. The molecule has 0 aliphatic heterocycles. The first kappa shape index (κ1) is 17.2. The van der Waals surface area contributed by atoms with E-state index >= 15 is 0 Å². The second-order valence-corrected chi connectivity index (χ2v) is 5.25. The van der Waals surface area contributed by atoms with Crippen molar-refractivity contribution < 1.29 is 4.79 Å². The van der Waals surface area contributed by atoms with Crippen LogP contribution >= 0.6 is 0 Å². The standard InChI is InChI=1S/C15H27N5O/c1-7-17-12(21)9-20(8-2)15-11(5)14(16-6)18-13(19-15)10(3)4/h10H,7-9H2,1-6H3,(H,17,21)(H,16,18,19). The summed E-state index contributed by atoms with van der Waals surface area (Å²) in [5.74, 6) is 2.67. The number of hydrogen-bond donors (Lipinski definition) is 2. The van der Waals surface area contributed by atoms with Crippen molar-refractivity contribution in [3.63, 3.8) is 0 Å². The van der Waals surface area contributed by atoms with Gasteiger partial charge in [0, 0.05) is 31.6 Å². The van der Waals surface area contributed by atoms with Crippen LogP contribution in [0.1, 0.15) is 45.0 Å². The third-order valence-corrected chi connectivity index (χ3v) is 3.28. The monoisotopic (exact) mass is 293 g/mol. The first-order valence-corrected chi connectivity index (χ1v) is 7.52. The van der Waals surface area contributed by atoms with Gasteiger partial charge in [0.25, 0.3) is 0 Å². The summed E-state index contributed by atoms with van der Waals surface area (Å²) in [6, 6.07) is 0. The fourth-order valence-corrected chi connectivity index (χ4v) is 2.09. The van der Waals surface area contributed by atoms with E-state index in [4.69, 9.17) is 0 Å². The summed E-state index contributed by atoms with van der Waals surface area (Å²) in [5, 5.41) is 5.94. The van der Waals surface area contributed by atoms with Crippen molar-refractivity contribution in [2.75, 3.05) is 36.9 Å². The fraction of sp³-hybridized carbons (Fsp3) is 0.667. The summed E-state index contributed by atoms with van der Waals surface area (Å²) in [5.41, 5.74) is 0.966. The van der Waals surface area contributed by atoms with Crippen molar-refractivity contribution in [1.82, 2.24) is 15.3 Å². The van der Waals surface area contributed by atoms with Crippen molar-refractivity contribution in [2.45, 2.75) is 40.5 Å². The Balaban J connectivity index is 3.18. The second-order valence-electron chi connectivity index (χ2n) is 5.25. The number of rotatable bonds is 7. The average Bonchev–Trinajstić information content (AvgIpc) is 2.45. The van der Waals surface area contributed by atoms with Gasteiger partial charge in [-0.25, -0.2) is 9.97 Å². The maximum atomic E-state index is 11.9. The molecule has 0 saturated heterocycles. The summed E-state index contributed by atoms with van der Waals surface area (Å²) in [4.78, 5) is 23.0. The van der Waals surface area contributed by atoms with Crippen LogP contribution in [0.4, 0.5) is 11.6 Å². The van der Waals surface area contributed by atoms with E-state index in [-0.39, 0.29) is 11.8 Å². The highest BCUT2D eigenvalue weighted by molar-refractivity contribution is 5.81. The first-order chi connectivity index (χ1) is 9.94. The van der Waals surface area contributed by atoms with Gasteiger partial charge in [-0.05, 0) is 20.8 Å². The molecular formula is C15H27N5O. The minimum atomic E-state index is 0.00877. The van der Waals surface area contributed by atoms with E-state index in [2.05, 4.69) is 34.4 Å². The van der Waals surface area contributed by atoms with Crippen LogP contribution in [0.3, 0.4) is 0 Å². The highest BCUT2D eigenvalue weighted by Gasteiger charge is 2.18. The van der Waals surface area contributed by atoms with E-state index in [0.717, 1.165) is 29.6 Å². The molecular weight excluding hydrogens is 266 g/mol. The third-order valence-electron chi connectivity index (χ3n) is 3.28. The molecule has 0 bridgehead atoms. The highest BCUT2D eigenvalue weighted by atomic mass is 16.2. The van der Waals surface area contributed by atoms with E-state index in [9.17, 15) is 4.79 Å². The van der Waals surface area contributed by atoms with Gasteiger partial charge in [-0.1, -0.05) is 13.8 Å². The highest BCUT2D eigenvalue weighted by Crippen LogP contribution is 2.25. The maximum absolute atomic E-state index is 11.9. The van der Waals surface area contributed by atoms with Gasteiger partial charge in [0.05, 0.1) is 6.54 Å². The number of nitrogens with one attached hydrogen (secondary N) is 2. The van der Waals surface area contributed by atoms with Crippen molar-refractivity contribution in [3.8, 4) is 0 Å². The van der Waals surface area contributed by atoms with Gasteiger partial charge < -0.3 is 15.5 Å². The minimum Gasteiger partial charge on any atom is -0.373 e. The van der Waals surface area contributed by atoms with Crippen LogP contribution in [-0.2, 0) is 4.79 Å². The number of aromatic nitrogens is 2. The Morgan fingerprint density at radius 1 is 1.29 bits per heavy atom. The number of likely N-dealkylation sites (N-methyl/N-ethyl adjacent to an activating group) is 2. The van der Waals surface area contributed by atoms with E-state index in [0.29, 0.717) is 13.1 Å². The zero-order valence-corrected chi connectivity index (χ0v) is 13.9. The molecule has 21 heavy (non-hydrogen) atoms. The Labute approximate surface area is 127 Å². The lowest BCUT2D eigenvalue weighted by Crippen LogP contribution is -2.38. The summed E-state index contributed by atoms with van der Waals surface area (Å²) >= 11 is 0. The molecule has 0 radical (unpaired) electrons. The smallest absolute Gasteiger partial charge is 0.239 e. The lowest BCUT2D eigenvalue weighted by molar-refractivity contribution is -0.119.